The van der Waals surface area contributed by atoms with Gasteiger partial charge in [0.15, 0.2) is 11.2 Å². The SMILES string of the molecule is CC[C@H](C)NC(=O)Cn1c(=O)n(Cc2ccccc2Cl)c(=O)c2nccnc21. The minimum Gasteiger partial charge on any atom is -0.352 e. The van der Waals surface area contributed by atoms with Gasteiger partial charge in [-0.2, -0.15) is 0 Å². The van der Waals surface area contributed by atoms with Gasteiger partial charge < -0.3 is 5.32 Å². The molecule has 1 atom stereocenters. The predicted molar refractivity (Wildman–Crippen MR) is 107 cm³/mol. The van der Waals surface area contributed by atoms with Crippen molar-refractivity contribution in [1.82, 2.24) is 24.4 Å². The fourth-order valence-corrected chi connectivity index (χ4v) is 2.97. The molecule has 1 amide bonds. The van der Waals surface area contributed by atoms with Gasteiger partial charge >= 0.3 is 5.69 Å². The van der Waals surface area contributed by atoms with Crippen molar-refractivity contribution in [1.29, 1.82) is 0 Å². The van der Waals surface area contributed by atoms with Crippen molar-refractivity contribution in [3.8, 4) is 0 Å². The Kier molecular flexibility index (Phi) is 5.89. The van der Waals surface area contributed by atoms with Gasteiger partial charge in [-0.15, -0.1) is 0 Å². The Morgan fingerprint density at radius 1 is 1.18 bits per heavy atom. The van der Waals surface area contributed by atoms with Gasteiger partial charge in [0.25, 0.3) is 5.56 Å². The van der Waals surface area contributed by atoms with Crippen molar-refractivity contribution in [2.45, 2.75) is 39.4 Å². The second-order valence-electron chi connectivity index (χ2n) is 6.46. The molecule has 0 aliphatic rings. The van der Waals surface area contributed by atoms with E-state index in [1.54, 1.807) is 24.3 Å². The van der Waals surface area contributed by atoms with E-state index in [2.05, 4.69) is 15.3 Å². The molecule has 9 heteroatoms. The lowest BCUT2D eigenvalue weighted by Crippen LogP contribution is -2.44. The summed E-state index contributed by atoms with van der Waals surface area (Å²) < 4.78 is 2.19. The van der Waals surface area contributed by atoms with Crippen molar-refractivity contribution >= 4 is 28.7 Å². The molecule has 0 aliphatic heterocycles. The Labute approximate surface area is 165 Å². The molecule has 1 N–H and O–H groups in total. The van der Waals surface area contributed by atoms with Gasteiger partial charge in [0.05, 0.1) is 6.54 Å². The Hall–Kier alpha value is -3.00. The van der Waals surface area contributed by atoms with Crippen LogP contribution in [0.4, 0.5) is 0 Å². The lowest BCUT2D eigenvalue weighted by molar-refractivity contribution is -0.122. The fraction of sp³-hybridized carbons (Fsp3) is 0.316. The lowest BCUT2D eigenvalue weighted by atomic mass is 10.2. The van der Waals surface area contributed by atoms with E-state index in [0.717, 1.165) is 15.6 Å². The van der Waals surface area contributed by atoms with E-state index in [4.69, 9.17) is 11.6 Å². The van der Waals surface area contributed by atoms with Crippen molar-refractivity contribution in [2.24, 2.45) is 0 Å². The minimum absolute atomic E-state index is 0.0190. The lowest BCUT2D eigenvalue weighted by Gasteiger charge is -2.15. The number of amides is 1. The highest BCUT2D eigenvalue weighted by molar-refractivity contribution is 6.31. The molecule has 3 rings (SSSR count). The van der Waals surface area contributed by atoms with Gasteiger partial charge in [-0.05, 0) is 25.0 Å². The van der Waals surface area contributed by atoms with Gasteiger partial charge in [-0.1, -0.05) is 36.7 Å². The van der Waals surface area contributed by atoms with E-state index in [9.17, 15) is 14.4 Å². The first kappa shape index (κ1) is 19.8. The highest BCUT2D eigenvalue weighted by Gasteiger charge is 2.18. The fourth-order valence-electron chi connectivity index (χ4n) is 2.78. The third kappa shape index (κ3) is 3.96. The van der Waals surface area contributed by atoms with E-state index in [-0.39, 0.29) is 36.2 Å². The smallest absolute Gasteiger partial charge is 0.333 e. The molecule has 0 saturated heterocycles. The number of rotatable bonds is 6. The molecule has 0 fully saturated rings. The normalized spacial score (nSPS) is 12.1. The van der Waals surface area contributed by atoms with E-state index in [0.29, 0.717) is 10.6 Å². The van der Waals surface area contributed by atoms with Crippen molar-refractivity contribution < 1.29 is 4.79 Å². The monoisotopic (exact) mass is 401 g/mol. The highest BCUT2D eigenvalue weighted by Crippen LogP contribution is 2.15. The number of aromatic nitrogens is 4. The number of nitrogens with zero attached hydrogens (tertiary/aromatic N) is 4. The zero-order valence-corrected chi connectivity index (χ0v) is 16.3. The summed E-state index contributed by atoms with van der Waals surface area (Å²) in [7, 11) is 0. The molecule has 8 nitrogen and oxygen atoms in total. The maximum atomic E-state index is 13.0. The number of carbonyl (C=O) groups is 1. The largest absolute Gasteiger partial charge is 0.352 e. The van der Waals surface area contributed by atoms with Crippen LogP contribution in [0.2, 0.25) is 5.02 Å². The van der Waals surface area contributed by atoms with Crippen LogP contribution in [-0.4, -0.2) is 31.1 Å². The highest BCUT2D eigenvalue weighted by atomic mass is 35.5. The molecule has 1 aromatic carbocycles. The van der Waals surface area contributed by atoms with Crippen LogP contribution < -0.4 is 16.6 Å². The molecular formula is C19H20ClN5O3. The van der Waals surface area contributed by atoms with Gasteiger partial charge in [0.2, 0.25) is 5.91 Å². The summed E-state index contributed by atoms with van der Waals surface area (Å²) in [6.07, 6.45) is 3.51. The summed E-state index contributed by atoms with van der Waals surface area (Å²) in [5.41, 5.74) is -0.510. The topological polar surface area (TPSA) is 98.9 Å². The maximum Gasteiger partial charge on any atom is 0.333 e. The molecule has 2 aromatic heterocycles. The Balaban J connectivity index is 2.13. The second-order valence-corrected chi connectivity index (χ2v) is 6.86. The molecule has 0 unspecified atom stereocenters. The molecule has 0 aliphatic carbocycles. The molecule has 146 valence electrons. The van der Waals surface area contributed by atoms with Crippen LogP contribution in [0, 0.1) is 0 Å². The molecule has 3 aromatic rings. The van der Waals surface area contributed by atoms with Gasteiger partial charge in [0.1, 0.15) is 6.54 Å². The summed E-state index contributed by atoms with van der Waals surface area (Å²) in [6.45, 7) is 3.52. The summed E-state index contributed by atoms with van der Waals surface area (Å²) in [4.78, 5) is 46.4. The average molecular weight is 402 g/mol. The van der Waals surface area contributed by atoms with Gasteiger partial charge in [0, 0.05) is 23.5 Å². The van der Waals surface area contributed by atoms with Crippen molar-refractivity contribution in [2.75, 3.05) is 0 Å². The number of halogens is 1. The summed E-state index contributed by atoms with van der Waals surface area (Å²) >= 11 is 6.18. The first-order valence-electron chi connectivity index (χ1n) is 8.89. The van der Waals surface area contributed by atoms with Crippen LogP contribution in [0.25, 0.3) is 11.2 Å². The van der Waals surface area contributed by atoms with Crippen LogP contribution in [0.1, 0.15) is 25.8 Å². The third-order valence-corrected chi connectivity index (χ3v) is 4.82. The van der Waals surface area contributed by atoms with E-state index >= 15 is 0 Å². The van der Waals surface area contributed by atoms with Crippen LogP contribution in [0.5, 0.6) is 0 Å². The van der Waals surface area contributed by atoms with Gasteiger partial charge in [-0.25, -0.2) is 14.8 Å². The molecule has 0 bridgehead atoms. The third-order valence-electron chi connectivity index (χ3n) is 4.45. The molecule has 0 saturated carbocycles. The summed E-state index contributed by atoms with van der Waals surface area (Å²) in [5.74, 6) is -0.341. The second kappa shape index (κ2) is 8.35. The summed E-state index contributed by atoms with van der Waals surface area (Å²) in [6, 6.07) is 6.91. The number of fused-ring (bicyclic) bond motifs is 1. The van der Waals surface area contributed by atoms with E-state index < -0.39 is 11.2 Å². The summed E-state index contributed by atoms with van der Waals surface area (Å²) in [5, 5.41) is 3.25. The maximum absolute atomic E-state index is 13.0. The van der Waals surface area contributed by atoms with Gasteiger partial charge in [-0.3, -0.25) is 18.7 Å². The van der Waals surface area contributed by atoms with E-state index in [1.807, 2.05) is 13.8 Å². The molecule has 28 heavy (non-hydrogen) atoms. The Morgan fingerprint density at radius 2 is 1.89 bits per heavy atom. The Bertz CT molecular complexity index is 1140. The number of hydrogen-bond acceptors (Lipinski definition) is 5. The molecular weight excluding hydrogens is 382 g/mol. The van der Waals surface area contributed by atoms with Crippen molar-refractivity contribution in [3.05, 3.63) is 68.1 Å². The zero-order valence-electron chi connectivity index (χ0n) is 15.6. The Morgan fingerprint density at radius 3 is 2.61 bits per heavy atom. The average Bonchev–Trinajstić information content (AvgIpc) is 2.69. The molecule has 0 radical (unpaired) electrons. The van der Waals surface area contributed by atoms with Crippen molar-refractivity contribution in [3.63, 3.8) is 0 Å². The van der Waals surface area contributed by atoms with Crippen LogP contribution >= 0.6 is 11.6 Å². The minimum atomic E-state index is -0.641. The molecule has 0 spiro atoms. The quantitative estimate of drug-likeness (QED) is 0.676. The van der Waals surface area contributed by atoms with Crippen LogP contribution in [-0.2, 0) is 17.9 Å². The number of benzene rings is 1. The number of carbonyl (C=O) groups excluding carboxylic acids is 1. The zero-order chi connectivity index (χ0) is 20.3. The number of nitrogens with one attached hydrogen (secondary N) is 1. The molecule has 2 heterocycles. The first-order valence-corrected chi connectivity index (χ1v) is 9.27. The predicted octanol–water partition coefficient (Wildman–Crippen LogP) is 1.57. The van der Waals surface area contributed by atoms with Crippen LogP contribution in [0.3, 0.4) is 0 Å². The standard InChI is InChI=1S/C19H20ClN5O3/c1-3-12(2)23-15(26)11-24-17-16(21-8-9-22-17)18(27)25(19(24)28)10-13-6-4-5-7-14(13)20/h4-9,12H,3,10-11H2,1-2H3,(H,23,26)/t12-/m0/s1. The first-order chi connectivity index (χ1) is 13.4. The number of hydrogen-bond donors (Lipinski definition) is 1. The van der Waals surface area contributed by atoms with Crippen LogP contribution in [0.15, 0.2) is 46.2 Å². The van der Waals surface area contributed by atoms with E-state index in [1.165, 1.54) is 12.4 Å².